The molecule has 1 aliphatic carbocycles. The second-order valence-corrected chi connectivity index (χ2v) is 8.27. The molecule has 7 heteroatoms. The molecule has 3 unspecified atom stereocenters. The average molecular weight is 380 g/mol. The number of carbonyl (C=O) groups excluding carboxylic acids is 2. The number of carboxylic acid groups (broad SMARTS) is 1. The molecule has 0 radical (unpaired) electrons. The number of rotatable bonds is 7. The van der Waals surface area contributed by atoms with Gasteiger partial charge in [-0.2, -0.15) is 0 Å². The van der Waals surface area contributed by atoms with Crippen molar-refractivity contribution >= 4 is 17.8 Å². The average Bonchev–Trinajstić information content (AvgIpc) is 2.88. The van der Waals surface area contributed by atoms with Crippen molar-refractivity contribution in [2.45, 2.75) is 76.3 Å². The van der Waals surface area contributed by atoms with Crippen LogP contribution >= 0.6 is 0 Å². The summed E-state index contributed by atoms with van der Waals surface area (Å²) < 4.78 is 0. The summed E-state index contributed by atoms with van der Waals surface area (Å²) in [6.45, 7) is 2.21. The zero-order valence-corrected chi connectivity index (χ0v) is 16.2. The van der Waals surface area contributed by atoms with Crippen LogP contribution in [0.5, 0.6) is 0 Å². The van der Waals surface area contributed by atoms with E-state index in [1.165, 1.54) is 6.42 Å². The number of fused-ring (bicyclic) bond motifs is 1. The maximum atomic E-state index is 12.4. The maximum absolute atomic E-state index is 12.4. The van der Waals surface area contributed by atoms with E-state index >= 15 is 0 Å². The molecule has 0 spiro atoms. The van der Waals surface area contributed by atoms with Gasteiger partial charge in [-0.1, -0.05) is 19.3 Å². The van der Waals surface area contributed by atoms with Gasteiger partial charge in [-0.15, -0.1) is 0 Å². The summed E-state index contributed by atoms with van der Waals surface area (Å²) in [4.78, 5) is 39.8. The second-order valence-electron chi connectivity index (χ2n) is 8.27. The third-order valence-electron chi connectivity index (χ3n) is 6.43. The first-order valence-corrected chi connectivity index (χ1v) is 10.6. The molecular weight excluding hydrogens is 346 g/mol. The minimum Gasteiger partial charge on any atom is -0.480 e. The van der Waals surface area contributed by atoms with Crippen molar-refractivity contribution in [1.82, 2.24) is 15.1 Å². The summed E-state index contributed by atoms with van der Waals surface area (Å²) in [5.41, 5.74) is 0. The van der Waals surface area contributed by atoms with Crippen LogP contribution in [0.3, 0.4) is 0 Å². The van der Waals surface area contributed by atoms with Crippen LogP contribution in [0.25, 0.3) is 0 Å². The number of hydrogen-bond acceptors (Lipinski definition) is 4. The Balaban J connectivity index is 1.42. The Hall–Kier alpha value is -1.63. The van der Waals surface area contributed by atoms with E-state index in [0.29, 0.717) is 31.8 Å². The third-order valence-corrected chi connectivity index (χ3v) is 6.43. The molecule has 27 heavy (non-hydrogen) atoms. The Morgan fingerprint density at radius 3 is 2.74 bits per heavy atom. The molecule has 0 bridgehead atoms. The fourth-order valence-corrected chi connectivity index (χ4v) is 5.02. The minimum atomic E-state index is -0.808. The van der Waals surface area contributed by atoms with Gasteiger partial charge in [0.25, 0.3) is 0 Å². The lowest BCUT2D eigenvalue weighted by Crippen LogP contribution is -2.47. The SMILES string of the molecule is O=C(CN1C(C(=O)O)CC2CCCCC21)NCCCN1CCCCCC1=O. The van der Waals surface area contributed by atoms with Crippen LogP contribution < -0.4 is 5.32 Å². The van der Waals surface area contributed by atoms with Gasteiger partial charge in [0.05, 0.1) is 6.54 Å². The van der Waals surface area contributed by atoms with Crippen molar-refractivity contribution in [3.05, 3.63) is 0 Å². The number of nitrogens with one attached hydrogen (secondary N) is 1. The quantitative estimate of drug-likeness (QED) is 0.656. The Labute approximate surface area is 161 Å². The van der Waals surface area contributed by atoms with E-state index in [4.69, 9.17) is 0 Å². The number of likely N-dealkylation sites (tertiary alicyclic amines) is 2. The Morgan fingerprint density at radius 1 is 1.11 bits per heavy atom. The minimum absolute atomic E-state index is 0.102. The first-order chi connectivity index (χ1) is 13.1. The first-order valence-electron chi connectivity index (χ1n) is 10.6. The summed E-state index contributed by atoms with van der Waals surface area (Å²) >= 11 is 0. The first kappa shape index (κ1) is 20.1. The van der Waals surface area contributed by atoms with Gasteiger partial charge in [-0.25, -0.2) is 0 Å². The van der Waals surface area contributed by atoms with Crippen LogP contribution in [0, 0.1) is 5.92 Å². The van der Waals surface area contributed by atoms with Crippen LogP contribution in [0.15, 0.2) is 0 Å². The number of carbonyl (C=O) groups is 3. The van der Waals surface area contributed by atoms with Gasteiger partial charge >= 0.3 is 5.97 Å². The van der Waals surface area contributed by atoms with Gasteiger partial charge in [-0.05, 0) is 44.4 Å². The molecule has 1 saturated carbocycles. The topological polar surface area (TPSA) is 89.9 Å². The van der Waals surface area contributed by atoms with Gasteiger partial charge in [-0.3, -0.25) is 19.3 Å². The van der Waals surface area contributed by atoms with Crippen LogP contribution in [0.1, 0.15) is 64.2 Å². The summed E-state index contributed by atoms with van der Waals surface area (Å²) in [6.07, 6.45) is 9.58. The van der Waals surface area contributed by atoms with Crippen LogP contribution in [0.4, 0.5) is 0 Å². The second kappa shape index (κ2) is 9.53. The van der Waals surface area contributed by atoms with Gasteiger partial charge in [0, 0.05) is 32.1 Å². The lowest BCUT2D eigenvalue weighted by Gasteiger charge is -2.32. The molecule has 3 fully saturated rings. The predicted molar refractivity (Wildman–Crippen MR) is 101 cm³/mol. The number of amides is 2. The molecule has 152 valence electrons. The van der Waals surface area contributed by atoms with E-state index in [2.05, 4.69) is 5.32 Å². The molecule has 3 atom stereocenters. The normalized spacial score (nSPS) is 29.3. The monoisotopic (exact) mass is 379 g/mol. The van der Waals surface area contributed by atoms with E-state index in [0.717, 1.165) is 51.5 Å². The Kier molecular flexibility index (Phi) is 7.10. The largest absolute Gasteiger partial charge is 0.480 e. The highest BCUT2D eigenvalue weighted by Crippen LogP contribution is 2.39. The molecule has 2 saturated heterocycles. The van der Waals surface area contributed by atoms with Gasteiger partial charge in [0.2, 0.25) is 11.8 Å². The third kappa shape index (κ3) is 5.21. The van der Waals surface area contributed by atoms with E-state index in [-0.39, 0.29) is 24.4 Å². The Morgan fingerprint density at radius 2 is 1.93 bits per heavy atom. The van der Waals surface area contributed by atoms with Crippen molar-refractivity contribution in [3.8, 4) is 0 Å². The van der Waals surface area contributed by atoms with Gasteiger partial charge in [0.1, 0.15) is 6.04 Å². The van der Waals surface area contributed by atoms with Crippen molar-refractivity contribution in [2.75, 3.05) is 26.2 Å². The molecule has 0 aromatic carbocycles. The van der Waals surface area contributed by atoms with Crippen LogP contribution in [-0.4, -0.2) is 71.0 Å². The number of carboxylic acids is 1. The highest BCUT2D eigenvalue weighted by Gasteiger charge is 2.45. The standard InChI is InChI=1S/C20H33N3O4/c24-18(21-10-6-12-22-11-5-1-2-9-19(22)25)14-23-16-8-4-3-7-15(16)13-17(23)20(26)27/h15-17H,1-14H2,(H,21,24)(H,26,27). The molecule has 2 heterocycles. The summed E-state index contributed by atoms with van der Waals surface area (Å²) in [5.74, 6) is -0.267. The molecule has 0 aromatic heterocycles. The fraction of sp³-hybridized carbons (Fsp3) is 0.850. The molecule has 2 N–H and O–H groups in total. The lowest BCUT2D eigenvalue weighted by atomic mass is 9.85. The van der Waals surface area contributed by atoms with Crippen molar-refractivity contribution in [2.24, 2.45) is 5.92 Å². The highest BCUT2D eigenvalue weighted by atomic mass is 16.4. The van der Waals surface area contributed by atoms with Gasteiger partial charge in [0.15, 0.2) is 0 Å². The fourth-order valence-electron chi connectivity index (χ4n) is 5.02. The number of aliphatic carboxylic acids is 1. The lowest BCUT2D eigenvalue weighted by molar-refractivity contribution is -0.143. The maximum Gasteiger partial charge on any atom is 0.320 e. The molecule has 3 rings (SSSR count). The van der Waals surface area contributed by atoms with Crippen LogP contribution in [0.2, 0.25) is 0 Å². The summed E-state index contributed by atoms with van der Waals surface area (Å²) in [7, 11) is 0. The number of hydrogen-bond donors (Lipinski definition) is 2. The van der Waals surface area contributed by atoms with Crippen molar-refractivity contribution in [3.63, 3.8) is 0 Å². The molecule has 3 aliphatic rings. The number of nitrogens with zero attached hydrogens (tertiary/aromatic N) is 2. The van der Waals surface area contributed by atoms with E-state index in [1.807, 2.05) is 9.80 Å². The van der Waals surface area contributed by atoms with Gasteiger partial charge < -0.3 is 15.3 Å². The van der Waals surface area contributed by atoms with E-state index in [1.54, 1.807) is 0 Å². The zero-order chi connectivity index (χ0) is 19.2. The van der Waals surface area contributed by atoms with Crippen LogP contribution in [-0.2, 0) is 14.4 Å². The summed E-state index contributed by atoms with van der Waals surface area (Å²) in [5, 5.41) is 12.5. The van der Waals surface area contributed by atoms with E-state index < -0.39 is 12.0 Å². The zero-order valence-electron chi connectivity index (χ0n) is 16.2. The highest BCUT2D eigenvalue weighted by molar-refractivity contribution is 5.80. The molecule has 0 aromatic rings. The van der Waals surface area contributed by atoms with Crippen molar-refractivity contribution in [1.29, 1.82) is 0 Å². The van der Waals surface area contributed by atoms with E-state index in [9.17, 15) is 19.5 Å². The summed E-state index contributed by atoms with van der Waals surface area (Å²) in [6, 6.07) is -0.293. The molecule has 2 aliphatic heterocycles. The van der Waals surface area contributed by atoms with Crippen molar-refractivity contribution < 1.29 is 19.5 Å². The molecular formula is C20H33N3O4. The smallest absolute Gasteiger partial charge is 0.320 e. The molecule has 2 amide bonds. The Bertz CT molecular complexity index is 553. The molecule has 7 nitrogen and oxygen atoms in total. The predicted octanol–water partition coefficient (Wildman–Crippen LogP) is 1.61.